The number of ether oxygens (including phenoxy) is 2. The van der Waals surface area contributed by atoms with E-state index in [0.29, 0.717) is 0 Å². The van der Waals surface area contributed by atoms with Gasteiger partial charge in [0.1, 0.15) is 18.3 Å². The predicted molar refractivity (Wildman–Crippen MR) is 92.0 cm³/mol. The molecule has 2 heterocycles. The molecule has 1 aliphatic heterocycles. The molecule has 1 aromatic heterocycles. The highest BCUT2D eigenvalue weighted by atomic mass is 31.2. The highest BCUT2D eigenvalue weighted by Crippen LogP contribution is 2.50. The van der Waals surface area contributed by atoms with E-state index in [2.05, 4.69) is 4.98 Å². The average Bonchev–Trinajstić information content (AvgIpc) is 2.89. The van der Waals surface area contributed by atoms with E-state index in [-0.39, 0.29) is 13.2 Å². The van der Waals surface area contributed by atoms with Gasteiger partial charge in [0, 0.05) is 25.2 Å². The molecule has 1 aromatic rings. The van der Waals surface area contributed by atoms with E-state index in [0.717, 1.165) is 10.6 Å². The summed E-state index contributed by atoms with van der Waals surface area (Å²) in [6.07, 6.45) is -1.31. The summed E-state index contributed by atoms with van der Waals surface area (Å²) in [5.41, 5.74) is -1.25. The third-order valence-corrected chi connectivity index (χ3v) is 5.50. The van der Waals surface area contributed by atoms with Gasteiger partial charge < -0.3 is 23.6 Å². The zero-order chi connectivity index (χ0) is 19.3. The summed E-state index contributed by atoms with van der Waals surface area (Å²) in [6.45, 7) is 3.73. The fraction of sp³-hybridized carbons (Fsp3) is 0.600. The predicted octanol–water partition coefficient (Wildman–Crippen LogP) is 0.590. The fourth-order valence-corrected chi connectivity index (χ4v) is 3.96. The topological polar surface area (TPSA) is 129 Å². The SMILES string of the molecule is CCOP(=O)(/C=C/[C@H]1O[C@@H](n2ccc(=O)[nH]c2=O)[C@@H](OC)[C@H]1O)OCC. The Balaban J connectivity index is 2.27. The average molecular weight is 390 g/mol. The summed E-state index contributed by atoms with van der Waals surface area (Å²) in [5, 5.41) is 10.4. The number of aliphatic hydroxyl groups excluding tert-OH is 1. The number of aliphatic hydroxyl groups is 1. The molecule has 10 nitrogen and oxygen atoms in total. The molecule has 0 radical (unpaired) electrons. The number of nitrogens with zero attached hydrogens (tertiary/aromatic N) is 1. The van der Waals surface area contributed by atoms with Crippen molar-refractivity contribution in [1.82, 2.24) is 9.55 Å². The van der Waals surface area contributed by atoms with Crippen LogP contribution in [-0.4, -0.2) is 53.3 Å². The van der Waals surface area contributed by atoms with Crippen molar-refractivity contribution in [3.8, 4) is 0 Å². The lowest BCUT2D eigenvalue weighted by Crippen LogP contribution is -2.38. The molecular weight excluding hydrogens is 367 g/mol. The molecule has 0 aliphatic carbocycles. The first-order chi connectivity index (χ1) is 12.3. The third-order valence-electron chi connectivity index (χ3n) is 3.72. The number of hydrogen-bond donors (Lipinski definition) is 2. The largest absolute Gasteiger partial charge is 0.387 e. The quantitative estimate of drug-likeness (QED) is 0.617. The maximum absolute atomic E-state index is 12.5. The van der Waals surface area contributed by atoms with E-state index in [4.69, 9.17) is 18.5 Å². The summed E-state index contributed by atoms with van der Waals surface area (Å²) in [4.78, 5) is 25.3. The van der Waals surface area contributed by atoms with E-state index in [1.54, 1.807) is 13.8 Å². The maximum atomic E-state index is 12.5. The van der Waals surface area contributed by atoms with Crippen molar-refractivity contribution in [3.05, 3.63) is 45.0 Å². The van der Waals surface area contributed by atoms with Crippen LogP contribution in [0, 0.1) is 0 Å². The van der Waals surface area contributed by atoms with Gasteiger partial charge in [-0.15, -0.1) is 0 Å². The second kappa shape index (κ2) is 8.90. The van der Waals surface area contributed by atoms with Gasteiger partial charge in [0.25, 0.3) is 5.56 Å². The van der Waals surface area contributed by atoms with E-state index in [1.165, 1.54) is 25.2 Å². The molecule has 26 heavy (non-hydrogen) atoms. The van der Waals surface area contributed by atoms with Crippen LogP contribution in [0.3, 0.4) is 0 Å². The van der Waals surface area contributed by atoms with Crippen LogP contribution < -0.4 is 11.2 Å². The Bertz CT molecular complexity index is 778. The molecule has 1 fully saturated rings. The number of nitrogens with one attached hydrogen (secondary N) is 1. The van der Waals surface area contributed by atoms with Gasteiger partial charge >= 0.3 is 13.3 Å². The van der Waals surface area contributed by atoms with Gasteiger partial charge in [0.15, 0.2) is 6.23 Å². The summed E-state index contributed by atoms with van der Waals surface area (Å²) in [7, 11) is -2.10. The molecule has 0 amide bonds. The molecule has 146 valence electrons. The monoisotopic (exact) mass is 390 g/mol. The lowest BCUT2D eigenvalue weighted by molar-refractivity contribution is -0.0491. The molecule has 0 saturated carbocycles. The molecule has 1 saturated heterocycles. The summed E-state index contributed by atoms with van der Waals surface area (Å²) in [6, 6.07) is 1.16. The molecule has 0 aromatic carbocycles. The molecule has 0 spiro atoms. The van der Waals surface area contributed by atoms with Crippen molar-refractivity contribution in [1.29, 1.82) is 0 Å². The Labute approximate surface area is 149 Å². The number of methoxy groups -OCH3 is 1. The zero-order valence-corrected chi connectivity index (χ0v) is 15.6. The number of rotatable bonds is 8. The Hall–Kier alpha value is -1.55. The molecule has 11 heteroatoms. The van der Waals surface area contributed by atoms with Crippen LogP contribution in [0.15, 0.2) is 33.7 Å². The molecule has 1 aliphatic rings. The zero-order valence-electron chi connectivity index (χ0n) is 14.7. The Morgan fingerprint density at radius 3 is 2.54 bits per heavy atom. The lowest BCUT2D eigenvalue weighted by atomic mass is 10.1. The van der Waals surface area contributed by atoms with Gasteiger partial charge in [-0.1, -0.05) is 0 Å². The Morgan fingerprint density at radius 1 is 1.35 bits per heavy atom. The molecule has 2 N–H and O–H groups in total. The van der Waals surface area contributed by atoms with Crippen molar-refractivity contribution in [2.45, 2.75) is 38.4 Å². The summed E-state index contributed by atoms with van der Waals surface area (Å²) >= 11 is 0. The smallest absolute Gasteiger partial charge is 0.353 e. The third kappa shape index (κ3) is 4.59. The second-order valence-corrected chi connectivity index (χ2v) is 7.31. The summed E-state index contributed by atoms with van der Waals surface area (Å²) in [5.74, 6) is 1.22. The fourth-order valence-electron chi connectivity index (χ4n) is 2.61. The minimum atomic E-state index is -3.46. The van der Waals surface area contributed by atoms with Gasteiger partial charge in [0.2, 0.25) is 0 Å². The van der Waals surface area contributed by atoms with Crippen LogP contribution in [0.2, 0.25) is 0 Å². The number of hydrogen-bond acceptors (Lipinski definition) is 8. The first-order valence-electron chi connectivity index (χ1n) is 8.11. The van der Waals surface area contributed by atoms with Gasteiger partial charge in [-0.05, 0) is 19.9 Å². The van der Waals surface area contributed by atoms with Crippen LogP contribution in [0.4, 0.5) is 0 Å². The van der Waals surface area contributed by atoms with Gasteiger partial charge in [-0.3, -0.25) is 18.9 Å². The molecule has 0 bridgehead atoms. The first kappa shape index (κ1) is 20.8. The normalized spacial score (nSPS) is 26.6. The van der Waals surface area contributed by atoms with Crippen LogP contribution in [0.25, 0.3) is 0 Å². The van der Waals surface area contributed by atoms with Crippen LogP contribution in [0.1, 0.15) is 20.1 Å². The molecule has 0 unspecified atom stereocenters. The van der Waals surface area contributed by atoms with Gasteiger partial charge in [-0.2, -0.15) is 0 Å². The van der Waals surface area contributed by atoms with Crippen LogP contribution in [0.5, 0.6) is 0 Å². The van der Waals surface area contributed by atoms with Crippen molar-refractivity contribution >= 4 is 7.60 Å². The summed E-state index contributed by atoms with van der Waals surface area (Å²) < 4.78 is 34.8. The molecule has 2 rings (SSSR count). The highest BCUT2D eigenvalue weighted by Gasteiger charge is 2.44. The maximum Gasteiger partial charge on any atom is 0.353 e. The number of H-pyrrole nitrogens is 1. The van der Waals surface area contributed by atoms with E-state index < -0.39 is 43.4 Å². The second-order valence-electron chi connectivity index (χ2n) is 5.42. The first-order valence-corrected chi connectivity index (χ1v) is 9.72. The standard InChI is InChI=1S/C15H23N2O8P/c1-4-23-26(21,24-5-2)9-7-10-12(19)13(22-3)14(25-10)17-8-6-11(18)16-15(17)20/h6-10,12-14,19H,4-5H2,1-3H3,(H,16,18,20)/b9-7+/t10-,12+,13+,14-/m1/s1. The molecular formula is C15H23N2O8P. The highest BCUT2D eigenvalue weighted by molar-refractivity contribution is 7.57. The van der Waals surface area contributed by atoms with Crippen LogP contribution in [-0.2, 0) is 23.1 Å². The van der Waals surface area contributed by atoms with E-state index in [9.17, 15) is 19.3 Å². The lowest BCUT2D eigenvalue weighted by Gasteiger charge is -2.19. The van der Waals surface area contributed by atoms with Crippen molar-refractivity contribution in [2.75, 3.05) is 20.3 Å². The minimum absolute atomic E-state index is 0.186. The van der Waals surface area contributed by atoms with Crippen molar-refractivity contribution in [3.63, 3.8) is 0 Å². The van der Waals surface area contributed by atoms with Gasteiger partial charge in [-0.25, -0.2) is 4.79 Å². The van der Waals surface area contributed by atoms with Crippen LogP contribution >= 0.6 is 7.60 Å². The van der Waals surface area contributed by atoms with Crippen molar-refractivity contribution in [2.24, 2.45) is 0 Å². The Kier molecular flexibility index (Phi) is 7.10. The molecule has 4 atom stereocenters. The van der Waals surface area contributed by atoms with Crippen molar-refractivity contribution < 1.29 is 28.2 Å². The van der Waals surface area contributed by atoms with Gasteiger partial charge in [0.05, 0.1) is 13.2 Å². The number of aromatic nitrogens is 2. The van der Waals surface area contributed by atoms with E-state index in [1.807, 2.05) is 0 Å². The number of aromatic amines is 1. The minimum Gasteiger partial charge on any atom is -0.387 e. The van der Waals surface area contributed by atoms with E-state index >= 15 is 0 Å². The Morgan fingerprint density at radius 2 is 2.00 bits per heavy atom.